The molecule has 0 spiro atoms. The molecule has 2 heterocycles. The molecular formula is C21H18N2OS. The summed E-state index contributed by atoms with van der Waals surface area (Å²) >= 11 is 1.56. The molecule has 0 amide bonds. The van der Waals surface area contributed by atoms with Gasteiger partial charge in [-0.3, -0.25) is 9.20 Å². The number of carbonyl (C=O) groups is 1. The van der Waals surface area contributed by atoms with Crippen LogP contribution in [-0.2, 0) is 0 Å². The van der Waals surface area contributed by atoms with Crippen LogP contribution in [0, 0.1) is 20.8 Å². The van der Waals surface area contributed by atoms with Gasteiger partial charge in [0, 0.05) is 16.5 Å². The van der Waals surface area contributed by atoms with E-state index >= 15 is 0 Å². The number of nitrogens with zero attached hydrogens (tertiary/aromatic N) is 2. The van der Waals surface area contributed by atoms with E-state index in [9.17, 15) is 4.79 Å². The number of fused-ring (bicyclic) bond motifs is 1. The first kappa shape index (κ1) is 15.8. The first-order valence-corrected chi connectivity index (χ1v) is 9.06. The van der Waals surface area contributed by atoms with Crippen molar-refractivity contribution in [2.45, 2.75) is 20.8 Å². The highest BCUT2D eigenvalue weighted by Gasteiger charge is 2.19. The van der Waals surface area contributed by atoms with Crippen molar-refractivity contribution in [3.63, 3.8) is 0 Å². The molecule has 2 aromatic heterocycles. The minimum absolute atomic E-state index is 0.607. The lowest BCUT2D eigenvalue weighted by Crippen LogP contribution is -1.95. The van der Waals surface area contributed by atoms with E-state index in [0.29, 0.717) is 5.69 Å². The average Bonchev–Trinajstić information content (AvgIpc) is 3.15. The predicted octanol–water partition coefficient (Wildman–Crippen LogP) is 5.47. The van der Waals surface area contributed by atoms with Gasteiger partial charge in [-0.1, -0.05) is 53.6 Å². The van der Waals surface area contributed by atoms with E-state index in [1.165, 1.54) is 16.7 Å². The highest BCUT2D eigenvalue weighted by atomic mass is 32.1. The molecule has 0 unspecified atom stereocenters. The van der Waals surface area contributed by atoms with Gasteiger partial charge in [-0.2, -0.15) is 0 Å². The van der Waals surface area contributed by atoms with E-state index in [-0.39, 0.29) is 0 Å². The quantitative estimate of drug-likeness (QED) is 0.461. The predicted molar refractivity (Wildman–Crippen MR) is 104 cm³/mol. The van der Waals surface area contributed by atoms with Crippen molar-refractivity contribution in [1.82, 2.24) is 9.38 Å². The summed E-state index contributed by atoms with van der Waals surface area (Å²) in [6.45, 7) is 6.24. The van der Waals surface area contributed by atoms with Crippen LogP contribution in [0.3, 0.4) is 0 Å². The zero-order chi connectivity index (χ0) is 17.6. The lowest BCUT2D eigenvalue weighted by molar-refractivity contribution is 0.111. The molecule has 4 heteroatoms. The number of aromatic nitrogens is 2. The molecule has 4 rings (SSSR count). The molecule has 0 radical (unpaired) electrons. The number of carbonyl (C=O) groups excluding carboxylic acids is 1. The normalized spacial score (nSPS) is 11.2. The number of aryl methyl sites for hydroxylation is 3. The van der Waals surface area contributed by atoms with E-state index in [4.69, 9.17) is 4.98 Å². The fraction of sp³-hybridized carbons (Fsp3) is 0.143. The molecule has 0 saturated carbocycles. The fourth-order valence-electron chi connectivity index (χ4n) is 3.20. The van der Waals surface area contributed by atoms with Crippen LogP contribution in [-0.4, -0.2) is 15.7 Å². The van der Waals surface area contributed by atoms with Crippen LogP contribution in [0.5, 0.6) is 0 Å². The molecule has 0 aliphatic heterocycles. The second-order valence-electron chi connectivity index (χ2n) is 6.39. The minimum Gasteiger partial charge on any atom is -0.296 e. The van der Waals surface area contributed by atoms with Crippen molar-refractivity contribution in [3.8, 4) is 22.5 Å². The number of imidazole rings is 1. The van der Waals surface area contributed by atoms with E-state index < -0.39 is 0 Å². The Morgan fingerprint density at radius 1 is 1.00 bits per heavy atom. The standard InChI is InChI=1S/C21H18N2OS/c1-13-4-7-16(8-5-13)20-18(11-24)23-19(12-25-21(23)22-20)17-9-6-14(2)10-15(17)3/h4-12H,1-3H3. The Morgan fingerprint density at radius 2 is 1.72 bits per heavy atom. The number of aldehydes is 1. The Kier molecular flexibility index (Phi) is 3.77. The Bertz CT molecular complexity index is 1090. The molecule has 0 bridgehead atoms. The molecule has 2 aromatic carbocycles. The number of benzene rings is 2. The number of rotatable bonds is 3. The third kappa shape index (κ3) is 2.59. The number of hydrogen-bond donors (Lipinski definition) is 0. The number of thiazole rings is 1. The van der Waals surface area contributed by atoms with Gasteiger partial charge in [-0.25, -0.2) is 4.98 Å². The summed E-state index contributed by atoms with van der Waals surface area (Å²) in [6.07, 6.45) is 0.912. The number of hydrogen-bond acceptors (Lipinski definition) is 3. The third-order valence-corrected chi connectivity index (χ3v) is 5.32. The van der Waals surface area contributed by atoms with E-state index in [1.54, 1.807) is 11.3 Å². The van der Waals surface area contributed by atoms with E-state index in [0.717, 1.165) is 33.8 Å². The summed E-state index contributed by atoms with van der Waals surface area (Å²) in [4.78, 5) is 17.5. The molecule has 124 valence electrons. The summed E-state index contributed by atoms with van der Waals surface area (Å²) in [7, 11) is 0. The molecule has 3 nitrogen and oxygen atoms in total. The van der Waals surface area contributed by atoms with Crippen LogP contribution in [0.2, 0.25) is 0 Å². The Hall–Kier alpha value is -2.72. The van der Waals surface area contributed by atoms with Crippen LogP contribution in [0.4, 0.5) is 0 Å². The summed E-state index contributed by atoms with van der Waals surface area (Å²) in [6, 6.07) is 14.5. The SMILES string of the molecule is Cc1ccc(-c2nc3scc(-c4ccc(C)cc4C)n3c2C=O)cc1. The van der Waals surface area contributed by atoms with Crippen LogP contribution in [0.1, 0.15) is 27.2 Å². The zero-order valence-corrected chi connectivity index (χ0v) is 15.2. The topological polar surface area (TPSA) is 34.4 Å². The minimum atomic E-state index is 0.607. The summed E-state index contributed by atoms with van der Waals surface area (Å²) in [5, 5.41) is 2.08. The molecule has 25 heavy (non-hydrogen) atoms. The summed E-state index contributed by atoms with van der Waals surface area (Å²) in [5.74, 6) is 0. The van der Waals surface area contributed by atoms with Crippen molar-refractivity contribution in [2.24, 2.45) is 0 Å². The van der Waals surface area contributed by atoms with Crippen molar-refractivity contribution >= 4 is 22.6 Å². The lowest BCUT2D eigenvalue weighted by Gasteiger charge is -2.07. The van der Waals surface area contributed by atoms with Gasteiger partial charge in [0.2, 0.25) is 0 Å². The zero-order valence-electron chi connectivity index (χ0n) is 14.4. The van der Waals surface area contributed by atoms with Gasteiger partial charge >= 0.3 is 0 Å². The van der Waals surface area contributed by atoms with Crippen LogP contribution < -0.4 is 0 Å². The van der Waals surface area contributed by atoms with Gasteiger partial charge in [0.1, 0.15) is 11.4 Å². The summed E-state index contributed by atoms with van der Waals surface area (Å²) in [5.41, 5.74) is 8.08. The van der Waals surface area contributed by atoms with Crippen molar-refractivity contribution in [2.75, 3.05) is 0 Å². The lowest BCUT2D eigenvalue weighted by atomic mass is 10.0. The molecular weight excluding hydrogens is 328 g/mol. The molecule has 0 N–H and O–H groups in total. The van der Waals surface area contributed by atoms with Gasteiger partial charge < -0.3 is 0 Å². The van der Waals surface area contributed by atoms with E-state index in [2.05, 4.69) is 44.4 Å². The fourth-order valence-corrected chi connectivity index (χ4v) is 4.10. The molecule has 0 fully saturated rings. The van der Waals surface area contributed by atoms with Gasteiger partial charge in [-0.05, 0) is 26.3 Å². The molecule has 4 aromatic rings. The van der Waals surface area contributed by atoms with Crippen molar-refractivity contribution in [3.05, 3.63) is 70.2 Å². The maximum Gasteiger partial charge on any atom is 0.195 e. The second-order valence-corrected chi connectivity index (χ2v) is 7.22. The first-order valence-electron chi connectivity index (χ1n) is 8.18. The van der Waals surface area contributed by atoms with Crippen molar-refractivity contribution < 1.29 is 4.79 Å². The van der Waals surface area contributed by atoms with Crippen LogP contribution in [0.15, 0.2) is 47.8 Å². The Morgan fingerprint density at radius 3 is 2.40 bits per heavy atom. The molecule has 0 aliphatic rings. The second kappa shape index (κ2) is 5.97. The maximum atomic E-state index is 11.9. The van der Waals surface area contributed by atoms with Crippen LogP contribution in [0.25, 0.3) is 27.5 Å². The van der Waals surface area contributed by atoms with Crippen LogP contribution >= 0.6 is 11.3 Å². The smallest absolute Gasteiger partial charge is 0.195 e. The molecule has 0 atom stereocenters. The Balaban J connectivity index is 1.97. The largest absolute Gasteiger partial charge is 0.296 e. The molecule has 0 saturated heterocycles. The van der Waals surface area contributed by atoms with Gasteiger partial charge in [0.05, 0.1) is 5.69 Å². The highest BCUT2D eigenvalue weighted by molar-refractivity contribution is 7.15. The summed E-state index contributed by atoms with van der Waals surface area (Å²) < 4.78 is 1.98. The Labute approximate surface area is 150 Å². The third-order valence-electron chi connectivity index (χ3n) is 4.49. The van der Waals surface area contributed by atoms with E-state index in [1.807, 2.05) is 28.7 Å². The first-order chi connectivity index (χ1) is 12.1. The highest BCUT2D eigenvalue weighted by Crippen LogP contribution is 2.33. The van der Waals surface area contributed by atoms with Gasteiger partial charge in [0.15, 0.2) is 11.2 Å². The van der Waals surface area contributed by atoms with Gasteiger partial charge in [0.25, 0.3) is 0 Å². The average molecular weight is 346 g/mol. The van der Waals surface area contributed by atoms with Gasteiger partial charge in [-0.15, -0.1) is 11.3 Å². The maximum absolute atomic E-state index is 11.9. The monoisotopic (exact) mass is 346 g/mol. The van der Waals surface area contributed by atoms with Crippen molar-refractivity contribution in [1.29, 1.82) is 0 Å². The molecule has 0 aliphatic carbocycles.